The quantitative estimate of drug-likeness (QED) is 0.873. The molecule has 0 radical (unpaired) electrons. The summed E-state index contributed by atoms with van der Waals surface area (Å²) in [5.41, 5.74) is 3.28. The van der Waals surface area contributed by atoms with Crippen molar-refractivity contribution in [2.24, 2.45) is 0 Å². The summed E-state index contributed by atoms with van der Waals surface area (Å²) in [4.78, 5) is 11.9. The van der Waals surface area contributed by atoms with Gasteiger partial charge in [-0.15, -0.1) is 0 Å². The van der Waals surface area contributed by atoms with Crippen LogP contribution < -0.4 is 10.6 Å². The van der Waals surface area contributed by atoms with Gasteiger partial charge in [-0.3, -0.25) is 4.79 Å². The van der Waals surface area contributed by atoms with Crippen molar-refractivity contribution < 1.29 is 4.79 Å². The van der Waals surface area contributed by atoms with E-state index in [2.05, 4.69) is 36.6 Å². The molecule has 1 amide bonds. The Kier molecular flexibility index (Phi) is 4.91. The number of carbonyl (C=O) groups excluding carboxylic acids is 1. The van der Waals surface area contributed by atoms with E-state index >= 15 is 0 Å². The second kappa shape index (κ2) is 6.87. The summed E-state index contributed by atoms with van der Waals surface area (Å²) in [6.07, 6.45) is 0. The number of hydrogen-bond donors (Lipinski definition) is 2. The van der Waals surface area contributed by atoms with Gasteiger partial charge in [0.2, 0.25) is 5.91 Å². The van der Waals surface area contributed by atoms with E-state index in [4.69, 9.17) is 0 Å². The number of hydrogen-bond acceptors (Lipinski definition) is 2. The van der Waals surface area contributed by atoms with Gasteiger partial charge in [0.25, 0.3) is 0 Å². The van der Waals surface area contributed by atoms with Crippen molar-refractivity contribution in [3.63, 3.8) is 0 Å². The molecule has 0 bridgehead atoms. The van der Waals surface area contributed by atoms with Gasteiger partial charge in [-0.05, 0) is 37.1 Å². The molecule has 104 valence electrons. The highest BCUT2D eigenvalue weighted by molar-refractivity contribution is 5.92. The normalized spacial score (nSPS) is 11.9. The van der Waals surface area contributed by atoms with Crippen molar-refractivity contribution in [2.45, 2.75) is 19.9 Å². The minimum absolute atomic E-state index is 0.0309. The number of aryl methyl sites for hydroxylation is 1. The smallest absolute Gasteiger partial charge is 0.238 e. The molecule has 0 fully saturated rings. The molecule has 2 aromatic carbocycles. The predicted molar refractivity (Wildman–Crippen MR) is 82.7 cm³/mol. The molecule has 0 saturated heterocycles. The third kappa shape index (κ3) is 3.93. The number of nitrogens with one attached hydrogen (secondary N) is 2. The Morgan fingerprint density at radius 3 is 2.40 bits per heavy atom. The summed E-state index contributed by atoms with van der Waals surface area (Å²) in [7, 11) is 0. The SMILES string of the molecule is Cc1ccccc1[C@@H](C)NCC(=O)Nc1ccccc1. The summed E-state index contributed by atoms with van der Waals surface area (Å²) in [6, 6.07) is 17.8. The monoisotopic (exact) mass is 268 g/mol. The van der Waals surface area contributed by atoms with Crippen LogP contribution in [-0.2, 0) is 4.79 Å². The average Bonchev–Trinajstić information content (AvgIpc) is 2.46. The van der Waals surface area contributed by atoms with Crippen LogP contribution in [-0.4, -0.2) is 12.5 Å². The Labute approximate surface area is 120 Å². The second-order valence-corrected chi connectivity index (χ2v) is 4.87. The minimum atomic E-state index is -0.0309. The Hall–Kier alpha value is -2.13. The Morgan fingerprint density at radius 2 is 1.70 bits per heavy atom. The van der Waals surface area contributed by atoms with E-state index in [1.807, 2.05) is 42.5 Å². The van der Waals surface area contributed by atoms with Crippen LogP contribution in [0.25, 0.3) is 0 Å². The lowest BCUT2D eigenvalue weighted by molar-refractivity contribution is -0.115. The van der Waals surface area contributed by atoms with Gasteiger partial charge >= 0.3 is 0 Å². The van der Waals surface area contributed by atoms with Crippen molar-refractivity contribution in [1.29, 1.82) is 0 Å². The Balaban J connectivity index is 1.86. The summed E-state index contributed by atoms with van der Waals surface area (Å²) < 4.78 is 0. The van der Waals surface area contributed by atoms with Gasteiger partial charge in [0.1, 0.15) is 0 Å². The van der Waals surface area contributed by atoms with Crippen LogP contribution in [0.3, 0.4) is 0 Å². The molecule has 0 unspecified atom stereocenters. The van der Waals surface area contributed by atoms with Crippen LogP contribution in [0, 0.1) is 6.92 Å². The van der Waals surface area contributed by atoms with Gasteiger partial charge in [-0.2, -0.15) is 0 Å². The van der Waals surface area contributed by atoms with Gasteiger partial charge < -0.3 is 10.6 Å². The van der Waals surface area contributed by atoms with E-state index in [-0.39, 0.29) is 11.9 Å². The molecule has 0 aliphatic rings. The number of anilines is 1. The predicted octanol–water partition coefficient (Wildman–Crippen LogP) is 3.28. The van der Waals surface area contributed by atoms with E-state index in [0.29, 0.717) is 6.54 Å². The Bertz CT molecular complexity index is 566. The Morgan fingerprint density at radius 1 is 1.05 bits per heavy atom. The fourth-order valence-electron chi connectivity index (χ4n) is 2.16. The molecule has 0 aromatic heterocycles. The maximum Gasteiger partial charge on any atom is 0.238 e. The molecule has 3 heteroatoms. The molecule has 0 aliphatic heterocycles. The van der Waals surface area contributed by atoms with Crippen LogP contribution in [0.15, 0.2) is 54.6 Å². The van der Waals surface area contributed by atoms with E-state index in [1.54, 1.807) is 0 Å². The molecule has 2 aromatic rings. The number of rotatable bonds is 5. The number of para-hydroxylation sites is 1. The fraction of sp³-hybridized carbons (Fsp3) is 0.235. The standard InChI is InChI=1S/C17H20N2O/c1-13-8-6-7-11-16(13)14(2)18-12-17(20)19-15-9-4-3-5-10-15/h3-11,14,18H,12H2,1-2H3,(H,19,20)/t14-/m1/s1. The van der Waals surface area contributed by atoms with Crippen molar-refractivity contribution >= 4 is 11.6 Å². The van der Waals surface area contributed by atoms with E-state index in [9.17, 15) is 4.79 Å². The second-order valence-electron chi connectivity index (χ2n) is 4.87. The van der Waals surface area contributed by atoms with Crippen molar-refractivity contribution in [3.8, 4) is 0 Å². The lowest BCUT2D eigenvalue weighted by Crippen LogP contribution is -2.30. The summed E-state index contributed by atoms with van der Waals surface area (Å²) in [5.74, 6) is -0.0309. The van der Waals surface area contributed by atoms with E-state index in [0.717, 1.165) is 5.69 Å². The molecule has 0 spiro atoms. The molecular formula is C17H20N2O. The maximum absolute atomic E-state index is 11.9. The highest BCUT2D eigenvalue weighted by Gasteiger charge is 2.09. The third-order valence-corrected chi connectivity index (χ3v) is 3.28. The van der Waals surface area contributed by atoms with Crippen molar-refractivity contribution in [2.75, 3.05) is 11.9 Å². The lowest BCUT2D eigenvalue weighted by Gasteiger charge is -2.16. The highest BCUT2D eigenvalue weighted by Crippen LogP contribution is 2.16. The molecular weight excluding hydrogens is 248 g/mol. The molecule has 1 atom stereocenters. The number of amides is 1. The van der Waals surface area contributed by atoms with Crippen LogP contribution in [0.2, 0.25) is 0 Å². The molecule has 0 heterocycles. The van der Waals surface area contributed by atoms with Crippen LogP contribution >= 0.6 is 0 Å². The van der Waals surface area contributed by atoms with Crippen molar-refractivity contribution in [3.05, 3.63) is 65.7 Å². The van der Waals surface area contributed by atoms with Gasteiger partial charge in [-0.25, -0.2) is 0 Å². The summed E-state index contributed by atoms with van der Waals surface area (Å²) in [6.45, 7) is 4.44. The van der Waals surface area contributed by atoms with E-state index in [1.165, 1.54) is 11.1 Å². The first kappa shape index (κ1) is 14.3. The topological polar surface area (TPSA) is 41.1 Å². The zero-order chi connectivity index (χ0) is 14.4. The van der Waals surface area contributed by atoms with Crippen LogP contribution in [0.5, 0.6) is 0 Å². The molecule has 2 rings (SSSR count). The average molecular weight is 268 g/mol. The first-order valence-corrected chi connectivity index (χ1v) is 6.80. The van der Waals surface area contributed by atoms with E-state index < -0.39 is 0 Å². The van der Waals surface area contributed by atoms with Crippen LogP contribution in [0.4, 0.5) is 5.69 Å². The van der Waals surface area contributed by atoms with Gasteiger partial charge in [0, 0.05) is 11.7 Å². The molecule has 3 nitrogen and oxygen atoms in total. The molecule has 0 saturated carbocycles. The summed E-state index contributed by atoms with van der Waals surface area (Å²) in [5, 5.41) is 6.11. The number of benzene rings is 2. The fourth-order valence-corrected chi connectivity index (χ4v) is 2.16. The van der Waals surface area contributed by atoms with Crippen molar-refractivity contribution in [1.82, 2.24) is 5.32 Å². The van der Waals surface area contributed by atoms with Gasteiger partial charge in [-0.1, -0.05) is 42.5 Å². The summed E-state index contributed by atoms with van der Waals surface area (Å²) >= 11 is 0. The van der Waals surface area contributed by atoms with Crippen LogP contribution in [0.1, 0.15) is 24.1 Å². The molecule has 20 heavy (non-hydrogen) atoms. The molecule has 2 N–H and O–H groups in total. The largest absolute Gasteiger partial charge is 0.325 e. The zero-order valence-electron chi connectivity index (χ0n) is 11.9. The third-order valence-electron chi connectivity index (χ3n) is 3.28. The highest BCUT2D eigenvalue weighted by atomic mass is 16.1. The molecule has 0 aliphatic carbocycles. The number of carbonyl (C=O) groups is 1. The van der Waals surface area contributed by atoms with Gasteiger partial charge in [0.05, 0.1) is 6.54 Å². The zero-order valence-corrected chi connectivity index (χ0v) is 11.9. The first-order chi connectivity index (χ1) is 9.66. The van der Waals surface area contributed by atoms with Gasteiger partial charge in [0.15, 0.2) is 0 Å². The maximum atomic E-state index is 11.9. The minimum Gasteiger partial charge on any atom is -0.325 e. The first-order valence-electron chi connectivity index (χ1n) is 6.80. The lowest BCUT2D eigenvalue weighted by atomic mass is 10.0.